The lowest BCUT2D eigenvalue weighted by molar-refractivity contribution is -0.115. The number of anilines is 2. The zero-order chi connectivity index (χ0) is 9.97. The Kier molecular flexibility index (Phi) is 2.14. The molecule has 2 rings (SSSR count). The number of pyridine rings is 1. The van der Waals surface area contributed by atoms with Gasteiger partial charge in [-0.15, -0.1) is 0 Å². The van der Waals surface area contributed by atoms with Crippen molar-refractivity contribution in [3.05, 3.63) is 18.3 Å². The van der Waals surface area contributed by atoms with Gasteiger partial charge in [0.2, 0.25) is 5.91 Å². The maximum Gasteiger partial charge on any atom is 0.244 e. The summed E-state index contributed by atoms with van der Waals surface area (Å²) < 4.78 is 0. The van der Waals surface area contributed by atoms with Crippen LogP contribution in [-0.2, 0) is 9.59 Å². The minimum absolute atomic E-state index is 0.118. The number of hydrogen-bond donors (Lipinski definition) is 1. The van der Waals surface area contributed by atoms with E-state index < -0.39 is 0 Å². The van der Waals surface area contributed by atoms with Gasteiger partial charge >= 0.3 is 0 Å². The molecule has 0 spiro atoms. The molecule has 14 heavy (non-hydrogen) atoms. The fourth-order valence-electron chi connectivity index (χ4n) is 1.43. The van der Waals surface area contributed by atoms with E-state index in [-0.39, 0.29) is 19.0 Å². The van der Waals surface area contributed by atoms with Gasteiger partial charge in [-0.1, -0.05) is 0 Å². The molecule has 1 aromatic heterocycles. The molecule has 1 N–H and O–H groups in total. The molecule has 0 aromatic carbocycles. The van der Waals surface area contributed by atoms with Gasteiger partial charge in [0.05, 0.1) is 18.8 Å². The summed E-state index contributed by atoms with van der Waals surface area (Å²) in [5.41, 5.74) is 0.658. The lowest BCUT2D eigenvalue weighted by Crippen LogP contribution is -2.39. The molecular formula is C9H9N3O2. The van der Waals surface area contributed by atoms with E-state index in [0.717, 1.165) is 6.29 Å². The second-order valence-electron chi connectivity index (χ2n) is 2.97. The third kappa shape index (κ3) is 1.44. The van der Waals surface area contributed by atoms with Gasteiger partial charge in [-0.05, 0) is 12.1 Å². The van der Waals surface area contributed by atoms with Crippen molar-refractivity contribution in [2.45, 2.75) is 0 Å². The average molecular weight is 191 g/mol. The van der Waals surface area contributed by atoms with Crippen LogP contribution in [0.5, 0.6) is 0 Å². The number of carbonyl (C=O) groups is 2. The normalized spacial score (nSPS) is 14.6. The van der Waals surface area contributed by atoms with Gasteiger partial charge < -0.3 is 15.0 Å². The van der Waals surface area contributed by atoms with E-state index >= 15 is 0 Å². The standard InChI is InChI=1S/C9H9N3O2/c13-5-4-12-6-8(14)11-7-2-1-3-10-9(7)12/h1-3,5H,4,6H2,(H,11,14). The molecule has 0 unspecified atom stereocenters. The van der Waals surface area contributed by atoms with Crippen molar-refractivity contribution in [3.63, 3.8) is 0 Å². The molecule has 0 fully saturated rings. The average Bonchev–Trinajstić information content (AvgIpc) is 2.18. The van der Waals surface area contributed by atoms with Crippen LogP contribution in [0.15, 0.2) is 18.3 Å². The van der Waals surface area contributed by atoms with Crippen molar-refractivity contribution < 1.29 is 9.59 Å². The van der Waals surface area contributed by atoms with Gasteiger partial charge in [-0.3, -0.25) is 4.79 Å². The Balaban J connectivity index is 2.37. The van der Waals surface area contributed by atoms with E-state index in [1.165, 1.54) is 0 Å². The summed E-state index contributed by atoms with van der Waals surface area (Å²) in [6, 6.07) is 3.50. The topological polar surface area (TPSA) is 62.3 Å². The molecule has 2 heterocycles. The van der Waals surface area contributed by atoms with Crippen LogP contribution in [-0.4, -0.2) is 30.3 Å². The fourth-order valence-corrected chi connectivity index (χ4v) is 1.43. The van der Waals surface area contributed by atoms with E-state index in [4.69, 9.17) is 0 Å². The SMILES string of the molecule is O=CCN1CC(=O)Nc2cccnc21. The maximum absolute atomic E-state index is 11.2. The van der Waals surface area contributed by atoms with Crippen molar-refractivity contribution >= 4 is 23.7 Å². The van der Waals surface area contributed by atoms with Gasteiger partial charge in [0.25, 0.3) is 0 Å². The Morgan fingerprint density at radius 2 is 2.50 bits per heavy atom. The zero-order valence-electron chi connectivity index (χ0n) is 7.43. The number of aldehydes is 1. The molecule has 1 aromatic rings. The first kappa shape index (κ1) is 8.68. The van der Waals surface area contributed by atoms with Gasteiger partial charge in [-0.25, -0.2) is 4.98 Å². The summed E-state index contributed by atoms with van der Waals surface area (Å²) in [6.07, 6.45) is 2.39. The van der Waals surface area contributed by atoms with E-state index in [2.05, 4.69) is 10.3 Å². The molecule has 0 radical (unpaired) electrons. The lowest BCUT2D eigenvalue weighted by Gasteiger charge is -2.27. The number of fused-ring (bicyclic) bond motifs is 1. The molecule has 0 saturated carbocycles. The number of nitrogens with zero attached hydrogens (tertiary/aromatic N) is 2. The van der Waals surface area contributed by atoms with Crippen LogP contribution in [0, 0.1) is 0 Å². The van der Waals surface area contributed by atoms with Gasteiger partial charge in [0, 0.05) is 6.20 Å². The highest BCUT2D eigenvalue weighted by Crippen LogP contribution is 2.25. The largest absolute Gasteiger partial charge is 0.339 e. The van der Waals surface area contributed by atoms with Crippen LogP contribution in [0.25, 0.3) is 0 Å². The summed E-state index contributed by atoms with van der Waals surface area (Å²) in [6.45, 7) is 0.375. The Morgan fingerprint density at radius 3 is 3.29 bits per heavy atom. The van der Waals surface area contributed by atoms with Crippen LogP contribution in [0.2, 0.25) is 0 Å². The number of aromatic nitrogens is 1. The minimum atomic E-state index is -0.118. The Hall–Kier alpha value is -1.91. The predicted octanol–water partition coefficient (Wildman–Crippen LogP) is 0.0390. The maximum atomic E-state index is 11.2. The van der Waals surface area contributed by atoms with Crippen LogP contribution in [0.4, 0.5) is 11.5 Å². The zero-order valence-corrected chi connectivity index (χ0v) is 7.43. The van der Waals surface area contributed by atoms with Gasteiger partial charge in [0.1, 0.15) is 6.29 Å². The van der Waals surface area contributed by atoms with Crippen molar-refractivity contribution in [3.8, 4) is 0 Å². The molecule has 1 aliphatic heterocycles. The Morgan fingerprint density at radius 1 is 1.64 bits per heavy atom. The first-order chi connectivity index (χ1) is 6.81. The van der Waals surface area contributed by atoms with Gasteiger partial charge in [-0.2, -0.15) is 0 Å². The number of carbonyl (C=O) groups excluding carboxylic acids is 2. The number of hydrogen-bond acceptors (Lipinski definition) is 4. The summed E-state index contributed by atoms with van der Waals surface area (Å²) in [5.74, 6) is 0.534. The molecule has 5 heteroatoms. The summed E-state index contributed by atoms with van der Waals surface area (Å²) in [5, 5.41) is 2.69. The third-order valence-corrected chi connectivity index (χ3v) is 1.99. The predicted molar refractivity (Wildman–Crippen MR) is 51.1 cm³/mol. The fraction of sp³-hybridized carbons (Fsp3) is 0.222. The number of nitrogens with one attached hydrogen (secondary N) is 1. The summed E-state index contributed by atoms with van der Waals surface area (Å²) >= 11 is 0. The molecular weight excluding hydrogens is 182 g/mol. The minimum Gasteiger partial charge on any atom is -0.339 e. The Bertz CT molecular complexity index is 378. The van der Waals surface area contributed by atoms with E-state index in [1.54, 1.807) is 23.2 Å². The first-order valence-corrected chi connectivity index (χ1v) is 4.24. The van der Waals surface area contributed by atoms with E-state index in [1.807, 2.05) is 0 Å². The van der Waals surface area contributed by atoms with Crippen LogP contribution in [0.1, 0.15) is 0 Å². The second kappa shape index (κ2) is 3.45. The smallest absolute Gasteiger partial charge is 0.244 e. The third-order valence-electron chi connectivity index (χ3n) is 1.99. The highest BCUT2D eigenvalue weighted by Gasteiger charge is 2.21. The van der Waals surface area contributed by atoms with Gasteiger partial charge in [0.15, 0.2) is 5.82 Å². The number of amides is 1. The lowest BCUT2D eigenvalue weighted by atomic mass is 10.3. The Labute approximate surface area is 80.7 Å². The molecule has 1 aliphatic rings. The molecule has 5 nitrogen and oxygen atoms in total. The quantitative estimate of drug-likeness (QED) is 0.670. The van der Waals surface area contributed by atoms with Crippen molar-refractivity contribution in [2.75, 3.05) is 23.3 Å². The van der Waals surface area contributed by atoms with Crippen LogP contribution < -0.4 is 10.2 Å². The highest BCUT2D eigenvalue weighted by atomic mass is 16.2. The van der Waals surface area contributed by atoms with E-state index in [0.29, 0.717) is 11.5 Å². The monoisotopic (exact) mass is 191 g/mol. The first-order valence-electron chi connectivity index (χ1n) is 4.24. The van der Waals surface area contributed by atoms with E-state index in [9.17, 15) is 9.59 Å². The number of rotatable bonds is 2. The summed E-state index contributed by atoms with van der Waals surface area (Å²) in [7, 11) is 0. The van der Waals surface area contributed by atoms with Crippen molar-refractivity contribution in [1.82, 2.24) is 4.98 Å². The molecule has 0 atom stereocenters. The van der Waals surface area contributed by atoms with Crippen LogP contribution in [0.3, 0.4) is 0 Å². The molecule has 0 bridgehead atoms. The molecule has 0 saturated heterocycles. The highest BCUT2D eigenvalue weighted by molar-refractivity contribution is 6.00. The molecule has 72 valence electrons. The molecule has 1 amide bonds. The van der Waals surface area contributed by atoms with Crippen molar-refractivity contribution in [1.29, 1.82) is 0 Å². The van der Waals surface area contributed by atoms with Crippen molar-refractivity contribution in [2.24, 2.45) is 0 Å². The second-order valence-corrected chi connectivity index (χ2v) is 2.97. The summed E-state index contributed by atoms with van der Waals surface area (Å²) in [4.78, 5) is 27.3. The van der Waals surface area contributed by atoms with Crippen LogP contribution >= 0.6 is 0 Å². The molecule has 0 aliphatic carbocycles.